The van der Waals surface area contributed by atoms with Crippen LogP contribution in [0.1, 0.15) is 18.0 Å². The number of rotatable bonds is 5. The molecule has 1 atom stereocenters. The van der Waals surface area contributed by atoms with Crippen molar-refractivity contribution in [1.82, 2.24) is 24.6 Å². The van der Waals surface area contributed by atoms with Gasteiger partial charge < -0.3 is 5.32 Å². The van der Waals surface area contributed by atoms with E-state index >= 15 is 0 Å². The van der Waals surface area contributed by atoms with E-state index in [9.17, 15) is 9.59 Å². The Kier molecular flexibility index (Phi) is 5.67. The van der Waals surface area contributed by atoms with E-state index in [4.69, 9.17) is 23.2 Å². The summed E-state index contributed by atoms with van der Waals surface area (Å²) in [6, 6.07) is 14.2. The summed E-state index contributed by atoms with van der Waals surface area (Å²) < 4.78 is 3.24. The Morgan fingerprint density at radius 3 is 2.50 bits per heavy atom. The molecule has 2 aromatic carbocycles. The molecule has 32 heavy (non-hydrogen) atoms. The zero-order valence-corrected chi connectivity index (χ0v) is 19.0. The third-order valence-corrected chi connectivity index (χ3v) is 6.87. The lowest BCUT2D eigenvalue weighted by Crippen LogP contribution is -2.30. The molecule has 1 amide bonds. The van der Waals surface area contributed by atoms with E-state index in [0.29, 0.717) is 38.5 Å². The van der Waals surface area contributed by atoms with Gasteiger partial charge >= 0.3 is 0 Å². The molecular weight excluding hydrogens is 469 g/mol. The van der Waals surface area contributed by atoms with Crippen LogP contribution in [0.25, 0.3) is 16.7 Å². The minimum Gasteiger partial charge on any atom is -0.352 e. The number of nitrogens with one attached hydrogen (secondary N) is 1. The van der Waals surface area contributed by atoms with Gasteiger partial charge in [-0.25, -0.2) is 9.67 Å². The monoisotopic (exact) mass is 485 g/mol. The van der Waals surface area contributed by atoms with Crippen molar-refractivity contribution in [2.75, 3.05) is 5.75 Å². The Bertz CT molecular complexity index is 1370. The Labute approximate surface area is 197 Å². The van der Waals surface area contributed by atoms with E-state index in [1.54, 1.807) is 33.5 Å². The van der Waals surface area contributed by atoms with Crippen molar-refractivity contribution < 1.29 is 4.79 Å². The molecule has 1 N–H and O–H groups in total. The van der Waals surface area contributed by atoms with Crippen LogP contribution in [0.4, 0.5) is 0 Å². The minimum absolute atomic E-state index is 0.123. The Morgan fingerprint density at radius 1 is 1.09 bits per heavy atom. The molecule has 4 aromatic rings. The van der Waals surface area contributed by atoms with Crippen LogP contribution in [0, 0.1) is 0 Å². The third-order valence-electron chi connectivity index (χ3n) is 5.27. The molecule has 2 aromatic heterocycles. The molecule has 7 nitrogen and oxygen atoms in total. The second-order valence-electron chi connectivity index (χ2n) is 7.41. The molecule has 1 aliphatic heterocycles. The third kappa shape index (κ3) is 4.01. The highest BCUT2D eigenvalue weighted by molar-refractivity contribution is 7.99. The molecule has 0 bridgehead atoms. The fourth-order valence-electron chi connectivity index (χ4n) is 3.64. The van der Waals surface area contributed by atoms with Gasteiger partial charge in [0.15, 0.2) is 10.8 Å². The topological polar surface area (TPSA) is 81.8 Å². The number of thioether (sulfide) groups is 1. The summed E-state index contributed by atoms with van der Waals surface area (Å²) in [5, 5.41) is 9.53. The van der Waals surface area contributed by atoms with Gasteiger partial charge in [0, 0.05) is 28.8 Å². The van der Waals surface area contributed by atoms with Crippen molar-refractivity contribution in [3.05, 3.63) is 80.7 Å². The predicted octanol–water partition coefficient (Wildman–Crippen LogP) is 4.24. The quantitative estimate of drug-likeness (QED) is 0.427. The second-order valence-corrected chi connectivity index (χ2v) is 9.27. The van der Waals surface area contributed by atoms with Crippen LogP contribution in [-0.2, 0) is 11.3 Å². The van der Waals surface area contributed by atoms with Crippen LogP contribution in [-0.4, -0.2) is 31.0 Å². The molecule has 0 spiro atoms. The summed E-state index contributed by atoms with van der Waals surface area (Å²) in [4.78, 5) is 30.4. The normalized spacial score (nSPS) is 15.1. The standard InChI is InChI=1S/C22H17Cl2N5O2S/c23-14-3-1-13(2-4-14)10-25-19(30)9-17-12-32-22-27-20-18(21(31)28(17)22)11-26-29(20)16-7-5-15(24)6-8-16/h1-8,11,17H,9-10,12H2,(H,25,30). The van der Waals surface area contributed by atoms with Gasteiger partial charge in [-0.1, -0.05) is 47.1 Å². The van der Waals surface area contributed by atoms with Crippen molar-refractivity contribution in [2.45, 2.75) is 24.2 Å². The maximum Gasteiger partial charge on any atom is 0.265 e. The molecule has 3 heterocycles. The van der Waals surface area contributed by atoms with Gasteiger partial charge in [0.2, 0.25) is 5.91 Å². The molecule has 1 aliphatic rings. The number of carbonyl (C=O) groups excluding carboxylic acids is 1. The fourth-order valence-corrected chi connectivity index (χ4v) is 5.02. The summed E-state index contributed by atoms with van der Waals surface area (Å²) in [6.07, 6.45) is 1.72. The van der Waals surface area contributed by atoms with Gasteiger partial charge in [0.25, 0.3) is 5.56 Å². The number of hydrogen-bond donors (Lipinski definition) is 1. The Morgan fingerprint density at radius 2 is 1.78 bits per heavy atom. The molecule has 0 saturated heterocycles. The van der Waals surface area contributed by atoms with Crippen molar-refractivity contribution >= 4 is 51.9 Å². The van der Waals surface area contributed by atoms with Gasteiger partial charge in [-0.3, -0.25) is 14.2 Å². The number of carbonyl (C=O) groups is 1. The van der Waals surface area contributed by atoms with E-state index < -0.39 is 0 Å². The molecule has 0 saturated carbocycles. The van der Waals surface area contributed by atoms with Crippen molar-refractivity contribution in [3.8, 4) is 5.69 Å². The lowest BCUT2D eigenvalue weighted by molar-refractivity contribution is -0.121. The van der Waals surface area contributed by atoms with Crippen LogP contribution in [0.2, 0.25) is 10.0 Å². The van der Waals surface area contributed by atoms with Gasteiger partial charge in [0.05, 0.1) is 17.9 Å². The Hall–Kier alpha value is -2.81. The highest BCUT2D eigenvalue weighted by Crippen LogP contribution is 2.33. The molecular formula is C22H17Cl2N5O2S. The number of nitrogens with zero attached hydrogens (tertiary/aromatic N) is 4. The summed E-state index contributed by atoms with van der Waals surface area (Å²) in [6.45, 7) is 0.406. The average molecular weight is 486 g/mol. The minimum atomic E-state index is -0.261. The van der Waals surface area contributed by atoms with E-state index in [0.717, 1.165) is 11.3 Å². The smallest absolute Gasteiger partial charge is 0.265 e. The lowest BCUT2D eigenvalue weighted by atomic mass is 10.2. The van der Waals surface area contributed by atoms with E-state index in [2.05, 4.69) is 15.4 Å². The lowest BCUT2D eigenvalue weighted by Gasteiger charge is -2.13. The first-order valence-electron chi connectivity index (χ1n) is 9.90. The molecule has 1 unspecified atom stereocenters. The van der Waals surface area contributed by atoms with Crippen LogP contribution in [0.3, 0.4) is 0 Å². The van der Waals surface area contributed by atoms with E-state index in [1.807, 2.05) is 24.3 Å². The fraction of sp³-hybridized carbons (Fsp3) is 0.182. The average Bonchev–Trinajstić information content (AvgIpc) is 3.39. The number of hydrogen-bond acceptors (Lipinski definition) is 5. The highest BCUT2D eigenvalue weighted by Gasteiger charge is 2.29. The van der Waals surface area contributed by atoms with E-state index in [1.165, 1.54) is 18.0 Å². The summed E-state index contributed by atoms with van der Waals surface area (Å²) in [7, 11) is 0. The molecule has 162 valence electrons. The summed E-state index contributed by atoms with van der Waals surface area (Å²) in [5.74, 6) is 0.486. The van der Waals surface area contributed by atoms with Crippen LogP contribution in [0.15, 0.2) is 64.7 Å². The Balaban J connectivity index is 1.37. The van der Waals surface area contributed by atoms with Crippen molar-refractivity contribution in [3.63, 3.8) is 0 Å². The molecule has 5 rings (SSSR count). The number of benzene rings is 2. The van der Waals surface area contributed by atoms with Gasteiger partial charge in [-0.15, -0.1) is 0 Å². The number of aromatic nitrogens is 4. The maximum absolute atomic E-state index is 13.2. The first kappa shape index (κ1) is 21.1. The first-order chi connectivity index (χ1) is 15.5. The molecule has 0 aliphatic carbocycles. The molecule has 10 heteroatoms. The number of halogens is 2. The largest absolute Gasteiger partial charge is 0.352 e. The van der Waals surface area contributed by atoms with Crippen LogP contribution < -0.4 is 10.9 Å². The first-order valence-corrected chi connectivity index (χ1v) is 11.6. The van der Waals surface area contributed by atoms with Gasteiger partial charge in [-0.2, -0.15) is 5.10 Å². The van der Waals surface area contributed by atoms with Crippen molar-refractivity contribution in [2.24, 2.45) is 0 Å². The van der Waals surface area contributed by atoms with Gasteiger partial charge in [0.1, 0.15) is 5.39 Å². The SMILES string of the molecule is O=C(CC1CSc2nc3c(cnn3-c3ccc(Cl)cc3)c(=O)n21)NCc1ccc(Cl)cc1. The molecule has 0 fully saturated rings. The highest BCUT2D eigenvalue weighted by atomic mass is 35.5. The number of amides is 1. The second kappa shape index (κ2) is 8.61. The molecule has 0 radical (unpaired) electrons. The number of fused-ring (bicyclic) bond motifs is 2. The zero-order chi connectivity index (χ0) is 22.2. The van der Waals surface area contributed by atoms with Crippen molar-refractivity contribution in [1.29, 1.82) is 0 Å². The predicted molar refractivity (Wildman–Crippen MR) is 126 cm³/mol. The van der Waals surface area contributed by atoms with Gasteiger partial charge in [-0.05, 0) is 42.0 Å². The van der Waals surface area contributed by atoms with Crippen LogP contribution >= 0.6 is 35.0 Å². The maximum atomic E-state index is 13.2. The summed E-state index contributed by atoms with van der Waals surface area (Å²) in [5.41, 5.74) is 2.02. The van der Waals surface area contributed by atoms with E-state index in [-0.39, 0.29) is 23.9 Å². The zero-order valence-electron chi connectivity index (χ0n) is 16.7. The van der Waals surface area contributed by atoms with Crippen LogP contribution in [0.5, 0.6) is 0 Å². The summed E-state index contributed by atoms with van der Waals surface area (Å²) >= 11 is 13.3.